The predicted molar refractivity (Wildman–Crippen MR) is 133 cm³/mol. The fraction of sp³-hybridized carbons (Fsp3) is 0.286. The number of carbonyl (C=O) groups is 2. The number of hydrogen-bond acceptors (Lipinski definition) is 4. The summed E-state index contributed by atoms with van der Waals surface area (Å²) in [7, 11) is 0. The van der Waals surface area contributed by atoms with Gasteiger partial charge in [-0.05, 0) is 91.8 Å². The summed E-state index contributed by atoms with van der Waals surface area (Å²) in [6.07, 6.45) is 0.956. The van der Waals surface area contributed by atoms with Crippen LogP contribution in [0.4, 0.5) is 5.69 Å². The van der Waals surface area contributed by atoms with Crippen LogP contribution < -0.4 is 10.6 Å². The van der Waals surface area contributed by atoms with Gasteiger partial charge in [-0.15, -0.1) is 0 Å². The van der Waals surface area contributed by atoms with Crippen molar-refractivity contribution in [3.63, 3.8) is 0 Å². The molecular formula is C28H30N2O4. The van der Waals surface area contributed by atoms with Gasteiger partial charge in [-0.3, -0.25) is 9.59 Å². The van der Waals surface area contributed by atoms with Crippen LogP contribution in [0.5, 0.6) is 5.75 Å². The van der Waals surface area contributed by atoms with Crippen molar-refractivity contribution in [2.45, 2.75) is 45.1 Å². The van der Waals surface area contributed by atoms with Crippen LogP contribution in [0.15, 0.2) is 60.7 Å². The number of rotatable bonds is 7. The average molecular weight is 459 g/mol. The van der Waals surface area contributed by atoms with E-state index in [1.165, 1.54) is 0 Å². The van der Waals surface area contributed by atoms with Gasteiger partial charge in [0, 0.05) is 17.8 Å². The predicted octanol–water partition coefficient (Wildman–Crippen LogP) is 4.46. The van der Waals surface area contributed by atoms with E-state index < -0.39 is 11.5 Å². The van der Waals surface area contributed by atoms with Crippen molar-refractivity contribution in [2.75, 3.05) is 11.9 Å². The lowest BCUT2D eigenvalue weighted by Crippen LogP contribution is -2.30. The maximum atomic E-state index is 13.2. The van der Waals surface area contributed by atoms with Gasteiger partial charge in [0.25, 0.3) is 5.91 Å². The van der Waals surface area contributed by atoms with Gasteiger partial charge < -0.3 is 20.8 Å². The van der Waals surface area contributed by atoms with Crippen LogP contribution in [0.2, 0.25) is 0 Å². The standard InChI is InChI=1S/C28H30N2O4/c1-17-4-10-23(30-27(34)28(12-13-28)22-9-11-25(32)18(2)14-22)15-24(17)20-5-7-21(8-6-20)26(33)29-16-19(3)31/h4-11,14-15,19,31-32H,12-13,16H2,1-3H3,(H,29,33)(H,30,34)/t19-/m1/s1. The monoisotopic (exact) mass is 458 g/mol. The number of anilines is 1. The van der Waals surface area contributed by atoms with E-state index in [1.807, 2.05) is 56.3 Å². The molecule has 0 aromatic heterocycles. The number of carbonyl (C=O) groups excluding carboxylic acids is 2. The zero-order valence-corrected chi connectivity index (χ0v) is 19.7. The molecule has 34 heavy (non-hydrogen) atoms. The van der Waals surface area contributed by atoms with Crippen molar-refractivity contribution in [1.82, 2.24) is 5.32 Å². The number of nitrogens with one attached hydrogen (secondary N) is 2. The maximum Gasteiger partial charge on any atom is 0.251 e. The first-order valence-electron chi connectivity index (χ1n) is 11.5. The van der Waals surface area contributed by atoms with Gasteiger partial charge in [0.2, 0.25) is 5.91 Å². The molecule has 4 N–H and O–H groups in total. The van der Waals surface area contributed by atoms with E-state index in [9.17, 15) is 19.8 Å². The molecule has 1 aliphatic carbocycles. The lowest BCUT2D eigenvalue weighted by atomic mass is 9.93. The Kier molecular flexibility index (Phi) is 6.44. The highest BCUT2D eigenvalue weighted by atomic mass is 16.3. The van der Waals surface area contributed by atoms with Crippen molar-refractivity contribution < 1.29 is 19.8 Å². The van der Waals surface area contributed by atoms with E-state index in [2.05, 4.69) is 10.6 Å². The number of phenolic OH excluding ortho intramolecular Hbond substituents is 1. The van der Waals surface area contributed by atoms with Crippen LogP contribution in [0, 0.1) is 13.8 Å². The van der Waals surface area contributed by atoms with Crippen LogP contribution in [-0.4, -0.2) is 34.7 Å². The van der Waals surface area contributed by atoms with E-state index in [4.69, 9.17) is 0 Å². The van der Waals surface area contributed by atoms with Gasteiger partial charge in [-0.2, -0.15) is 0 Å². The number of hydrogen-bond donors (Lipinski definition) is 4. The lowest BCUT2D eigenvalue weighted by molar-refractivity contribution is -0.118. The third-order valence-electron chi connectivity index (χ3n) is 6.45. The molecule has 1 aliphatic rings. The molecule has 1 fully saturated rings. The summed E-state index contributed by atoms with van der Waals surface area (Å²) < 4.78 is 0. The van der Waals surface area contributed by atoms with E-state index in [1.54, 1.807) is 25.1 Å². The summed E-state index contributed by atoms with van der Waals surface area (Å²) in [4.78, 5) is 25.4. The Bertz CT molecular complexity index is 1230. The Hall–Kier alpha value is -3.64. The third kappa shape index (κ3) is 4.82. The highest BCUT2D eigenvalue weighted by molar-refractivity contribution is 6.02. The SMILES string of the molecule is Cc1cc(C2(C(=O)Nc3ccc(C)c(-c4ccc(C(=O)NC[C@@H](C)O)cc4)c3)CC2)ccc1O. The van der Waals surface area contributed by atoms with Crippen molar-refractivity contribution >= 4 is 17.5 Å². The normalized spacial score (nSPS) is 14.8. The number of amides is 2. The summed E-state index contributed by atoms with van der Waals surface area (Å²) >= 11 is 0. The largest absolute Gasteiger partial charge is 0.508 e. The summed E-state index contributed by atoms with van der Waals surface area (Å²) in [5.41, 5.74) is 5.34. The third-order valence-corrected chi connectivity index (χ3v) is 6.45. The van der Waals surface area contributed by atoms with Crippen molar-refractivity contribution in [2.24, 2.45) is 0 Å². The number of benzene rings is 3. The number of aromatic hydroxyl groups is 1. The Labute approximate surface area is 199 Å². The van der Waals surface area contributed by atoms with E-state index >= 15 is 0 Å². The van der Waals surface area contributed by atoms with Crippen molar-refractivity contribution in [3.8, 4) is 16.9 Å². The van der Waals surface area contributed by atoms with Crippen LogP contribution >= 0.6 is 0 Å². The summed E-state index contributed by atoms with van der Waals surface area (Å²) in [6.45, 7) is 5.66. The molecule has 1 saturated carbocycles. The zero-order chi connectivity index (χ0) is 24.5. The van der Waals surface area contributed by atoms with Crippen LogP contribution in [0.1, 0.15) is 46.8 Å². The van der Waals surface area contributed by atoms with Crippen molar-refractivity contribution in [3.05, 3.63) is 82.9 Å². The van der Waals surface area contributed by atoms with Crippen LogP contribution in [0.3, 0.4) is 0 Å². The molecule has 0 radical (unpaired) electrons. The fourth-order valence-electron chi connectivity index (χ4n) is 4.13. The van der Waals surface area contributed by atoms with Gasteiger partial charge in [0.1, 0.15) is 5.75 Å². The van der Waals surface area contributed by atoms with Crippen molar-refractivity contribution in [1.29, 1.82) is 0 Å². The molecular weight excluding hydrogens is 428 g/mol. The molecule has 3 aromatic rings. The Morgan fingerprint density at radius 1 is 0.971 bits per heavy atom. The second-order valence-corrected chi connectivity index (χ2v) is 9.20. The molecule has 6 nitrogen and oxygen atoms in total. The summed E-state index contributed by atoms with van der Waals surface area (Å²) in [5.74, 6) is -0.0449. The molecule has 0 saturated heterocycles. The highest BCUT2D eigenvalue weighted by Crippen LogP contribution is 2.49. The zero-order valence-electron chi connectivity index (χ0n) is 19.7. The first kappa shape index (κ1) is 23.5. The number of aryl methyl sites for hydroxylation is 2. The van der Waals surface area contributed by atoms with Gasteiger partial charge in [-0.1, -0.05) is 30.3 Å². The Balaban J connectivity index is 1.52. The molecule has 3 aromatic carbocycles. The number of aliphatic hydroxyl groups is 1. The van der Waals surface area contributed by atoms with E-state index in [0.717, 1.165) is 40.7 Å². The van der Waals surface area contributed by atoms with Gasteiger partial charge >= 0.3 is 0 Å². The second-order valence-electron chi connectivity index (χ2n) is 9.20. The van der Waals surface area contributed by atoms with E-state index in [-0.39, 0.29) is 24.1 Å². The Morgan fingerprint density at radius 3 is 2.29 bits per heavy atom. The molecule has 4 rings (SSSR count). The topological polar surface area (TPSA) is 98.7 Å². The molecule has 176 valence electrons. The maximum absolute atomic E-state index is 13.2. The van der Waals surface area contributed by atoms with Gasteiger partial charge in [-0.25, -0.2) is 0 Å². The highest BCUT2D eigenvalue weighted by Gasteiger charge is 2.51. The fourth-order valence-corrected chi connectivity index (χ4v) is 4.13. The molecule has 0 unspecified atom stereocenters. The molecule has 1 atom stereocenters. The first-order valence-corrected chi connectivity index (χ1v) is 11.5. The number of aliphatic hydroxyl groups excluding tert-OH is 1. The van der Waals surface area contributed by atoms with Crippen LogP contribution in [0.25, 0.3) is 11.1 Å². The minimum Gasteiger partial charge on any atom is -0.508 e. The first-order chi connectivity index (χ1) is 16.2. The lowest BCUT2D eigenvalue weighted by Gasteiger charge is -2.18. The minimum atomic E-state index is -0.600. The molecule has 6 heteroatoms. The molecule has 2 amide bonds. The van der Waals surface area contributed by atoms with Gasteiger partial charge in [0.15, 0.2) is 0 Å². The molecule has 0 aliphatic heterocycles. The molecule has 0 bridgehead atoms. The Morgan fingerprint density at radius 2 is 1.68 bits per heavy atom. The quantitative estimate of drug-likeness (QED) is 0.420. The second kappa shape index (κ2) is 9.31. The summed E-state index contributed by atoms with van der Waals surface area (Å²) in [6, 6.07) is 18.5. The number of phenols is 1. The smallest absolute Gasteiger partial charge is 0.251 e. The van der Waals surface area contributed by atoms with Crippen LogP contribution in [-0.2, 0) is 10.2 Å². The molecule has 0 spiro atoms. The minimum absolute atomic E-state index is 0.0440. The van der Waals surface area contributed by atoms with E-state index in [0.29, 0.717) is 11.3 Å². The summed E-state index contributed by atoms with van der Waals surface area (Å²) in [5, 5.41) is 25.0. The van der Waals surface area contributed by atoms with Gasteiger partial charge in [0.05, 0.1) is 11.5 Å². The molecule has 0 heterocycles. The average Bonchev–Trinajstić information content (AvgIpc) is 3.63.